The maximum absolute atomic E-state index is 8.91. The fraction of sp³-hybridized carbons (Fsp3) is 0.267. The van der Waals surface area contributed by atoms with Gasteiger partial charge >= 0.3 is 0 Å². The standard InChI is InChI=1S/C15H17N3O/c1-18-10-13(7-15(18)8-16)9-17-14-5-3-4-12(6-14)11-19-2/h3-7,10,17H,9,11H2,1-2H3. The Bertz CT molecular complexity index is 596. The number of hydrogen-bond acceptors (Lipinski definition) is 3. The largest absolute Gasteiger partial charge is 0.381 e. The van der Waals surface area contributed by atoms with E-state index in [9.17, 15) is 0 Å². The lowest BCUT2D eigenvalue weighted by Gasteiger charge is -2.07. The van der Waals surface area contributed by atoms with Gasteiger partial charge in [0.2, 0.25) is 0 Å². The maximum Gasteiger partial charge on any atom is 0.120 e. The lowest BCUT2D eigenvalue weighted by molar-refractivity contribution is 0.185. The van der Waals surface area contributed by atoms with E-state index in [1.807, 2.05) is 42.1 Å². The highest BCUT2D eigenvalue weighted by Gasteiger charge is 2.02. The van der Waals surface area contributed by atoms with Gasteiger partial charge in [-0.15, -0.1) is 0 Å². The van der Waals surface area contributed by atoms with Crippen molar-refractivity contribution in [3.05, 3.63) is 53.3 Å². The van der Waals surface area contributed by atoms with Crippen LogP contribution < -0.4 is 5.32 Å². The van der Waals surface area contributed by atoms with Crippen LogP contribution in [0.25, 0.3) is 0 Å². The summed E-state index contributed by atoms with van der Waals surface area (Å²) in [5.41, 5.74) is 3.95. The molecule has 98 valence electrons. The summed E-state index contributed by atoms with van der Waals surface area (Å²) in [6.07, 6.45) is 1.96. The second-order valence-electron chi connectivity index (χ2n) is 4.44. The monoisotopic (exact) mass is 255 g/mol. The molecule has 0 aliphatic rings. The Kier molecular flexibility index (Phi) is 4.22. The molecule has 0 amide bonds. The fourth-order valence-corrected chi connectivity index (χ4v) is 1.98. The Morgan fingerprint density at radius 2 is 2.16 bits per heavy atom. The number of nitrogens with zero attached hydrogens (tertiary/aromatic N) is 2. The molecular formula is C15H17N3O. The average Bonchev–Trinajstić information content (AvgIpc) is 2.78. The van der Waals surface area contributed by atoms with Crippen molar-refractivity contribution in [1.29, 1.82) is 5.26 Å². The van der Waals surface area contributed by atoms with Crippen LogP contribution >= 0.6 is 0 Å². The van der Waals surface area contributed by atoms with Crippen molar-refractivity contribution in [1.82, 2.24) is 4.57 Å². The number of aryl methyl sites for hydroxylation is 1. The van der Waals surface area contributed by atoms with Crippen LogP contribution in [0.5, 0.6) is 0 Å². The number of aromatic nitrogens is 1. The minimum atomic E-state index is 0.611. The molecule has 0 unspecified atom stereocenters. The van der Waals surface area contributed by atoms with Gasteiger partial charge < -0.3 is 14.6 Å². The molecule has 0 saturated heterocycles. The lowest BCUT2D eigenvalue weighted by Crippen LogP contribution is -1.99. The van der Waals surface area contributed by atoms with Gasteiger partial charge in [0.1, 0.15) is 11.8 Å². The zero-order valence-corrected chi connectivity index (χ0v) is 11.2. The minimum Gasteiger partial charge on any atom is -0.381 e. The SMILES string of the molecule is COCc1cccc(NCc2cc(C#N)n(C)c2)c1. The Morgan fingerprint density at radius 1 is 1.32 bits per heavy atom. The summed E-state index contributed by atoms with van der Waals surface area (Å²) in [5.74, 6) is 0. The highest BCUT2D eigenvalue weighted by atomic mass is 16.5. The van der Waals surface area contributed by atoms with Crippen LogP contribution in [0, 0.1) is 11.3 Å². The summed E-state index contributed by atoms with van der Waals surface area (Å²) in [5, 5.41) is 12.3. The lowest BCUT2D eigenvalue weighted by atomic mass is 10.2. The zero-order valence-electron chi connectivity index (χ0n) is 11.2. The molecule has 0 bridgehead atoms. The van der Waals surface area contributed by atoms with E-state index in [2.05, 4.69) is 17.5 Å². The number of nitriles is 1. The first-order valence-electron chi connectivity index (χ1n) is 6.10. The van der Waals surface area contributed by atoms with E-state index in [1.54, 1.807) is 7.11 Å². The van der Waals surface area contributed by atoms with Crippen molar-refractivity contribution < 1.29 is 4.74 Å². The molecule has 1 aromatic heterocycles. The van der Waals surface area contributed by atoms with E-state index >= 15 is 0 Å². The predicted molar refractivity (Wildman–Crippen MR) is 74.6 cm³/mol. The Hall–Kier alpha value is -2.25. The van der Waals surface area contributed by atoms with Crippen molar-refractivity contribution in [2.75, 3.05) is 12.4 Å². The number of hydrogen-bond donors (Lipinski definition) is 1. The van der Waals surface area contributed by atoms with Crippen LogP contribution in [-0.4, -0.2) is 11.7 Å². The Labute approximate surface area is 113 Å². The van der Waals surface area contributed by atoms with Crippen molar-refractivity contribution in [2.45, 2.75) is 13.2 Å². The van der Waals surface area contributed by atoms with E-state index < -0.39 is 0 Å². The Balaban J connectivity index is 2.01. The first-order valence-corrected chi connectivity index (χ1v) is 6.10. The van der Waals surface area contributed by atoms with Gasteiger partial charge in [0.05, 0.1) is 6.61 Å². The van der Waals surface area contributed by atoms with E-state index in [4.69, 9.17) is 10.00 Å². The van der Waals surface area contributed by atoms with Crippen molar-refractivity contribution in [3.8, 4) is 6.07 Å². The summed E-state index contributed by atoms with van der Waals surface area (Å²) in [6.45, 7) is 1.31. The molecule has 1 aromatic carbocycles. The molecule has 0 fully saturated rings. The van der Waals surface area contributed by atoms with Gasteiger partial charge in [0, 0.05) is 32.6 Å². The third-order valence-corrected chi connectivity index (χ3v) is 2.91. The summed E-state index contributed by atoms with van der Waals surface area (Å²) in [7, 11) is 3.56. The van der Waals surface area contributed by atoms with Gasteiger partial charge in [0.15, 0.2) is 0 Å². The second kappa shape index (κ2) is 6.07. The van der Waals surface area contributed by atoms with Crippen LogP contribution in [-0.2, 0) is 24.9 Å². The summed E-state index contributed by atoms with van der Waals surface area (Å²) in [4.78, 5) is 0. The van der Waals surface area contributed by atoms with Gasteiger partial charge in [-0.05, 0) is 29.3 Å². The number of rotatable bonds is 5. The van der Waals surface area contributed by atoms with Gasteiger partial charge in [-0.25, -0.2) is 0 Å². The molecule has 2 rings (SSSR count). The van der Waals surface area contributed by atoms with Crippen LogP contribution in [0.4, 0.5) is 5.69 Å². The molecule has 0 aliphatic heterocycles. The summed E-state index contributed by atoms with van der Waals surface area (Å²) >= 11 is 0. The molecule has 19 heavy (non-hydrogen) atoms. The molecule has 4 nitrogen and oxygen atoms in total. The predicted octanol–water partition coefficient (Wildman–Crippen LogP) is 2.66. The van der Waals surface area contributed by atoms with E-state index in [1.165, 1.54) is 0 Å². The summed E-state index contributed by atoms with van der Waals surface area (Å²) < 4.78 is 6.94. The normalized spacial score (nSPS) is 10.2. The molecular weight excluding hydrogens is 238 g/mol. The maximum atomic E-state index is 8.91. The van der Waals surface area contributed by atoms with Crippen LogP contribution in [0.15, 0.2) is 36.5 Å². The van der Waals surface area contributed by atoms with Crippen LogP contribution in [0.3, 0.4) is 0 Å². The highest BCUT2D eigenvalue weighted by molar-refractivity contribution is 5.46. The first kappa shape index (κ1) is 13.2. The van der Waals surface area contributed by atoms with Crippen molar-refractivity contribution in [2.24, 2.45) is 7.05 Å². The Morgan fingerprint density at radius 3 is 2.84 bits per heavy atom. The molecule has 2 aromatic rings. The third-order valence-electron chi connectivity index (χ3n) is 2.91. The summed E-state index contributed by atoms with van der Waals surface area (Å²) in [6, 6.07) is 12.2. The number of nitrogens with one attached hydrogen (secondary N) is 1. The molecule has 1 N–H and O–H groups in total. The number of benzene rings is 1. The van der Waals surface area contributed by atoms with Crippen LogP contribution in [0.1, 0.15) is 16.8 Å². The smallest absolute Gasteiger partial charge is 0.120 e. The number of methoxy groups -OCH3 is 1. The first-order chi connectivity index (χ1) is 9.22. The molecule has 1 heterocycles. The van der Waals surface area contributed by atoms with Gasteiger partial charge in [-0.3, -0.25) is 0 Å². The van der Waals surface area contributed by atoms with Crippen LogP contribution in [0.2, 0.25) is 0 Å². The van der Waals surface area contributed by atoms with E-state index in [-0.39, 0.29) is 0 Å². The minimum absolute atomic E-state index is 0.611. The third kappa shape index (κ3) is 3.36. The molecule has 0 saturated carbocycles. The van der Waals surface area contributed by atoms with Gasteiger partial charge in [-0.1, -0.05) is 12.1 Å². The van der Waals surface area contributed by atoms with Crippen molar-refractivity contribution >= 4 is 5.69 Å². The van der Waals surface area contributed by atoms with Crippen molar-refractivity contribution in [3.63, 3.8) is 0 Å². The zero-order chi connectivity index (χ0) is 13.7. The molecule has 0 radical (unpaired) electrons. The molecule has 0 spiro atoms. The molecule has 4 heteroatoms. The topological polar surface area (TPSA) is 50.0 Å². The number of anilines is 1. The highest BCUT2D eigenvalue weighted by Crippen LogP contribution is 2.14. The number of ether oxygens (including phenoxy) is 1. The van der Waals surface area contributed by atoms with Gasteiger partial charge in [0.25, 0.3) is 0 Å². The fourth-order valence-electron chi connectivity index (χ4n) is 1.98. The quantitative estimate of drug-likeness (QED) is 0.893. The van der Waals surface area contributed by atoms with E-state index in [0.29, 0.717) is 18.8 Å². The molecule has 0 atom stereocenters. The second-order valence-corrected chi connectivity index (χ2v) is 4.44. The van der Waals surface area contributed by atoms with Gasteiger partial charge in [-0.2, -0.15) is 5.26 Å². The molecule has 0 aliphatic carbocycles. The average molecular weight is 255 g/mol. The van der Waals surface area contributed by atoms with E-state index in [0.717, 1.165) is 16.8 Å².